The molecule has 10 heteroatoms. The van der Waals surface area contributed by atoms with Crippen molar-refractivity contribution in [2.45, 2.75) is 18.5 Å². The number of nitrogens with zero attached hydrogens (tertiary/aromatic N) is 3. The summed E-state index contributed by atoms with van der Waals surface area (Å²) in [6, 6.07) is 7.69. The molecule has 0 bridgehead atoms. The minimum Gasteiger partial charge on any atom is -0.495 e. The van der Waals surface area contributed by atoms with Gasteiger partial charge < -0.3 is 25.6 Å². The van der Waals surface area contributed by atoms with Crippen LogP contribution in [0.25, 0.3) is 22.0 Å². The van der Waals surface area contributed by atoms with E-state index in [1.54, 1.807) is 26.4 Å². The molecule has 3 aromatic rings. The molecular weight excluding hydrogens is 487 g/mol. The Labute approximate surface area is 214 Å². The number of hydrogen-bond acceptors (Lipinski definition) is 7. The fourth-order valence-corrected chi connectivity index (χ4v) is 5.21. The van der Waals surface area contributed by atoms with Gasteiger partial charge in [-0.2, -0.15) is 0 Å². The van der Waals surface area contributed by atoms with Crippen LogP contribution in [-0.4, -0.2) is 67.2 Å². The van der Waals surface area contributed by atoms with Gasteiger partial charge in [-0.15, -0.1) is 0 Å². The molecule has 0 spiro atoms. The van der Waals surface area contributed by atoms with Crippen molar-refractivity contribution >= 4 is 51.6 Å². The monoisotopic (exact) mass is 514 g/mol. The smallest absolute Gasteiger partial charge is 0.246 e. The van der Waals surface area contributed by atoms with Gasteiger partial charge in [-0.25, -0.2) is 9.97 Å². The summed E-state index contributed by atoms with van der Waals surface area (Å²) >= 11 is 13.3. The van der Waals surface area contributed by atoms with Crippen molar-refractivity contribution in [3.8, 4) is 16.9 Å². The molecule has 1 aliphatic heterocycles. The highest BCUT2D eigenvalue weighted by Crippen LogP contribution is 2.45. The Hall–Kier alpha value is -3.07. The third-order valence-corrected chi connectivity index (χ3v) is 6.94. The molecule has 0 radical (unpaired) electrons. The number of nitrogens with one attached hydrogen (secondary N) is 3. The standard InChI is InChI=1S/C25H28Cl2N6O2/c1-5-21(34)33-13-16(9-17(33)12-28-2)31-25-30-11-15-8-14(6-7-18(15)32-25)22-23(26)19(29-3)10-20(35-4)24(22)27/h5-8,10-11,16-17,28-29H,1,9,12-13H2,2-4H3,(H,30,31,32)/t16-,17-/m0/s1. The first-order chi connectivity index (χ1) is 16.9. The van der Waals surface area contributed by atoms with Crippen LogP contribution in [0, 0.1) is 0 Å². The van der Waals surface area contributed by atoms with Gasteiger partial charge in [0.15, 0.2) is 0 Å². The van der Waals surface area contributed by atoms with Crippen LogP contribution in [0.15, 0.2) is 43.1 Å². The van der Waals surface area contributed by atoms with Crippen LogP contribution in [0.5, 0.6) is 5.75 Å². The van der Waals surface area contributed by atoms with Crippen molar-refractivity contribution in [1.82, 2.24) is 20.2 Å². The van der Waals surface area contributed by atoms with E-state index in [1.807, 2.05) is 30.1 Å². The summed E-state index contributed by atoms with van der Waals surface area (Å²) in [6.45, 7) is 4.90. The second-order valence-corrected chi connectivity index (χ2v) is 9.09. The molecule has 2 aromatic carbocycles. The normalized spacial score (nSPS) is 17.5. The second kappa shape index (κ2) is 10.7. The zero-order chi connectivity index (χ0) is 25.1. The van der Waals surface area contributed by atoms with E-state index in [1.165, 1.54) is 6.08 Å². The molecule has 0 aliphatic carbocycles. The van der Waals surface area contributed by atoms with Crippen molar-refractivity contribution in [3.05, 3.63) is 53.2 Å². The lowest BCUT2D eigenvalue weighted by atomic mass is 10.0. The number of amides is 1. The fraction of sp³-hybridized carbons (Fsp3) is 0.320. The molecule has 8 nitrogen and oxygen atoms in total. The van der Waals surface area contributed by atoms with Crippen LogP contribution in [0.2, 0.25) is 10.0 Å². The van der Waals surface area contributed by atoms with E-state index in [4.69, 9.17) is 27.9 Å². The number of carbonyl (C=O) groups excluding carboxylic acids is 1. The average molecular weight is 515 g/mol. The van der Waals surface area contributed by atoms with Gasteiger partial charge in [0.25, 0.3) is 0 Å². The summed E-state index contributed by atoms with van der Waals surface area (Å²) in [5, 5.41) is 11.4. The zero-order valence-electron chi connectivity index (χ0n) is 19.9. The Bertz CT molecular complexity index is 1240. The summed E-state index contributed by atoms with van der Waals surface area (Å²) < 4.78 is 5.43. The molecule has 1 amide bonds. The average Bonchev–Trinajstić information content (AvgIpc) is 3.26. The fourth-order valence-electron chi connectivity index (χ4n) is 4.47. The lowest BCUT2D eigenvalue weighted by molar-refractivity contribution is -0.126. The summed E-state index contributed by atoms with van der Waals surface area (Å²) in [4.78, 5) is 23.3. The van der Waals surface area contributed by atoms with Gasteiger partial charge in [0.1, 0.15) is 5.75 Å². The zero-order valence-corrected chi connectivity index (χ0v) is 21.4. The number of rotatable bonds is 8. The largest absolute Gasteiger partial charge is 0.495 e. The number of methoxy groups -OCH3 is 1. The van der Waals surface area contributed by atoms with Crippen molar-refractivity contribution in [1.29, 1.82) is 0 Å². The number of aromatic nitrogens is 2. The quantitative estimate of drug-likeness (QED) is 0.382. The topological polar surface area (TPSA) is 91.4 Å². The molecule has 0 saturated carbocycles. The number of likely N-dealkylation sites (tertiary alicyclic amines) is 1. The Kier molecular flexibility index (Phi) is 7.64. The van der Waals surface area contributed by atoms with Crippen LogP contribution in [0.4, 0.5) is 11.6 Å². The maximum Gasteiger partial charge on any atom is 0.246 e. The van der Waals surface area contributed by atoms with E-state index in [-0.39, 0.29) is 18.0 Å². The SMILES string of the molecule is C=CC(=O)N1C[C@@H](Nc2ncc3cc(-c4c(Cl)c(NC)cc(OC)c4Cl)ccc3n2)C[C@H]1CNC. The van der Waals surface area contributed by atoms with E-state index >= 15 is 0 Å². The third kappa shape index (κ3) is 5.00. The third-order valence-electron chi connectivity index (χ3n) is 6.17. The maximum atomic E-state index is 12.2. The molecule has 2 atom stereocenters. The lowest BCUT2D eigenvalue weighted by Gasteiger charge is -2.22. The number of likely N-dealkylation sites (N-methyl/N-ethyl adjacent to an activating group) is 1. The van der Waals surface area contributed by atoms with E-state index in [0.29, 0.717) is 40.4 Å². The first kappa shape index (κ1) is 25.0. The van der Waals surface area contributed by atoms with Crippen molar-refractivity contribution in [3.63, 3.8) is 0 Å². The van der Waals surface area contributed by atoms with Crippen molar-refractivity contribution in [2.75, 3.05) is 44.9 Å². The van der Waals surface area contributed by atoms with Crippen molar-refractivity contribution in [2.24, 2.45) is 0 Å². The van der Waals surface area contributed by atoms with Gasteiger partial charge >= 0.3 is 0 Å². The number of ether oxygens (including phenoxy) is 1. The molecule has 35 heavy (non-hydrogen) atoms. The Morgan fingerprint density at radius 2 is 2.09 bits per heavy atom. The Morgan fingerprint density at radius 1 is 1.29 bits per heavy atom. The summed E-state index contributed by atoms with van der Waals surface area (Å²) in [7, 11) is 5.24. The number of anilines is 2. The van der Waals surface area contributed by atoms with Gasteiger partial charge in [0.2, 0.25) is 11.9 Å². The molecule has 4 rings (SSSR count). The highest BCUT2D eigenvalue weighted by Gasteiger charge is 2.34. The molecule has 1 saturated heterocycles. The minimum atomic E-state index is -0.0715. The molecule has 0 unspecified atom stereocenters. The predicted octanol–water partition coefficient (Wildman–Crippen LogP) is 4.44. The molecule has 1 fully saturated rings. The molecule has 184 valence electrons. The number of hydrogen-bond donors (Lipinski definition) is 3. The minimum absolute atomic E-state index is 0.0448. The van der Waals surface area contributed by atoms with Gasteiger partial charge in [0.05, 0.1) is 28.4 Å². The number of carbonyl (C=O) groups is 1. The number of halogens is 2. The van der Waals surface area contributed by atoms with E-state index in [0.717, 1.165) is 28.6 Å². The highest BCUT2D eigenvalue weighted by molar-refractivity contribution is 6.42. The van der Waals surface area contributed by atoms with Gasteiger partial charge in [0, 0.05) is 55.4 Å². The number of fused-ring (bicyclic) bond motifs is 1. The predicted molar refractivity (Wildman–Crippen MR) is 143 cm³/mol. The van der Waals surface area contributed by atoms with E-state index < -0.39 is 0 Å². The van der Waals surface area contributed by atoms with E-state index in [9.17, 15) is 4.79 Å². The van der Waals surface area contributed by atoms with Gasteiger partial charge in [-0.05, 0) is 37.2 Å². The van der Waals surface area contributed by atoms with E-state index in [2.05, 4.69) is 32.5 Å². The highest BCUT2D eigenvalue weighted by atomic mass is 35.5. The van der Waals surface area contributed by atoms with Crippen LogP contribution in [0.3, 0.4) is 0 Å². The van der Waals surface area contributed by atoms with Crippen LogP contribution in [-0.2, 0) is 4.79 Å². The van der Waals surface area contributed by atoms with Crippen LogP contribution < -0.4 is 20.7 Å². The first-order valence-corrected chi connectivity index (χ1v) is 12.0. The summed E-state index contributed by atoms with van der Waals surface area (Å²) in [5.74, 6) is 0.975. The molecule has 1 aliphatic rings. The first-order valence-electron chi connectivity index (χ1n) is 11.2. The van der Waals surface area contributed by atoms with Crippen molar-refractivity contribution < 1.29 is 9.53 Å². The molecular formula is C25H28Cl2N6O2. The Morgan fingerprint density at radius 3 is 2.77 bits per heavy atom. The van der Waals surface area contributed by atoms with Gasteiger partial charge in [-0.3, -0.25) is 4.79 Å². The van der Waals surface area contributed by atoms with Gasteiger partial charge in [-0.1, -0.05) is 35.8 Å². The molecule has 1 aromatic heterocycles. The number of benzene rings is 2. The lowest BCUT2D eigenvalue weighted by Crippen LogP contribution is -2.40. The van der Waals surface area contributed by atoms with Crippen LogP contribution in [0.1, 0.15) is 6.42 Å². The maximum absolute atomic E-state index is 12.2. The molecule has 2 heterocycles. The Balaban J connectivity index is 1.60. The summed E-state index contributed by atoms with van der Waals surface area (Å²) in [5.41, 5.74) is 3.00. The van der Waals surface area contributed by atoms with Crippen LogP contribution >= 0.6 is 23.2 Å². The summed E-state index contributed by atoms with van der Waals surface area (Å²) in [6.07, 6.45) is 3.92. The molecule has 3 N–H and O–H groups in total. The second-order valence-electron chi connectivity index (χ2n) is 8.33.